The molecule has 1 aromatic carbocycles. The van der Waals surface area contributed by atoms with E-state index in [0.29, 0.717) is 23.5 Å². The van der Waals surface area contributed by atoms with Crippen LogP contribution in [0.3, 0.4) is 0 Å². The first-order valence-corrected chi connectivity index (χ1v) is 18.3. The molecule has 0 radical (unpaired) electrons. The van der Waals surface area contributed by atoms with Gasteiger partial charge in [0.1, 0.15) is 17.8 Å². The molecule has 0 saturated carbocycles. The Hall–Kier alpha value is -1.81. The zero-order chi connectivity index (χ0) is 31.2. The topological polar surface area (TPSA) is 193 Å². The second-order valence-corrected chi connectivity index (χ2v) is 16.0. The Morgan fingerprint density at radius 3 is 2.40 bits per heavy atom. The number of urea groups is 2. The summed E-state index contributed by atoms with van der Waals surface area (Å²) in [6.45, 7) is 0.183. The van der Waals surface area contributed by atoms with E-state index in [0.717, 1.165) is 26.3 Å². The number of hydrogen-bond donors (Lipinski definition) is 3. The Balaban J connectivity index is 0.000000180. The third-order valence-electron chi connectivity index (χ3n) is 7.68. The van der Waals surface area contributed by atoms with Crippen LogP contribution in [-0.4, -0.2) is 140 Å². The first kappa shape index (κ1) is 34.5. The molecule has 45 heavy (non-hydrogen) atoms. The average Bonchev–Trinajstić information content (AvgIpc) is 3.49. The van der Waals surface area contributed by atoms with Crippen molar-refractivity contribution in [2.75, 3.05) is 29.6 Å². The van der Waals surface area contributed by atoms with Gasteiger partial charge in [0, 0.05) is 28.6 Å². The SMILES string of the molecule is NC(=O)C(c1ccccc1)[N+]12C(=O)N(C(N)=O)CC1N2C1SCCS1.O=C(O)C1=C(CSc2nncs2)CS[C@H]2CC(=O)N12.[NaH]. The number of quaternary nitrogens is 1. The molecule has 5 aliphatic heterocycles. The fourth-order valence-electron chi connectivity index (χ4n) is 5.79. The van der Waals surface area contributed by atoms with Crippen LogP contribution in [-0.2, 0) is 14.4 Å². The van der Waals surface area contributed by atoms with Crippen molar-refractivity contribution in [1.29, 1.82) is 0 Å². The van der Waals surface area contributed by atoms with Crippen molar-refractivity contribution < 1.29 is 33.7 Å². The van der Waals surface area contributed by atoms with Crippen LogP contribution >= 0.6 is 58.4 Å². The first-order valence-electron chi connectivity index (χ1n) is 13.3. The number of aliphatic carboxylic acids is 1. The molecular weight excluding hydrogens is 692 g/mol. The number of carbonyl (C=O) groups excluding carboxylic acids is 4. The van der Waals surface area contributed by atoms with E-state index in [4.69, 9.17) is 11.5 Å². The van der Waals surface area contributed by atoms with Gasteiger partial charge < -0.3 is 16.6 Å². The molecule has 234 valence electrons. The molecule has 5 aliphatic rings. The maximum atomic E-state index is 13.1. The zero-order valence-corrected chi connectivity index (χ0v) is 27.0. The molecule has 5 atom stereocenters. The van der Waals surface area contributed by atoms with Crippen LogP contribution in [0.5, 0.6) is 0 Å². The number of aromatic nitrogens is 2. The Bertz CT molecular complexity index is 1530. The molecule has 1 aromatic heterocycles. The summed E-state index contributed by atoms with van der Waals surface area (Å²) < 4.78 is 0.612. The van der Waals surface area contributed by atoms with Gasteiger partial charge in [-0.2, -0.15) is 0 Å². The zero-order valence-electron chi connectivity index (χ0n) is 22.9. The fourth-order valence-corrected chi connectivity index (χ4v) is 11.7. The molecule has 4 saturated heterocycles. The van der Waals surface area contributed by atoms with E-state index >= 15 is 0 Å². The number of nitrogens with two attached hydrogens (primary N) is 2. The van der Waals surface area contributed by atoms with E-state index in [2.05, 4.69) is 10.2 Å². The van der Waals surface area contributed by atoms with Crippen molar-refractivity contribution in [3.8, 4) is 0 Å². The molecule has 14 nitrogen and oxygen atoms in total. The molecule has 0 spiro atoms. The third-order valence-corrected chi connectivity index (χ3v) is 13.9. The number of benzene rings is 1. The van der Waals surface area contributed by atoms with E-state index in [1.165, 1.54) is 28.0 Å². The number of rotatable bonds is 8. The van der Waals surface area contributed by atoms with Crippen LogP contribution in [0.15, 0.2) is 51.5 Å². The van der Waals surface area contributed by atoms with Crippen molar-refractivity contribution in [3.63, 3.8) is 0 Å². The predicted molar refractivity (Wildman–Crippen MR) is 175 cm³/mol. The molecule has 6 heterocycles. The Labute approximate surface area is 300 Å². The number of β-lactam (4-membered cyclic amide) rings is 1. The van der Waals surface area contributed by atoms with Gasteiger partial charge in [0.2, 0.25) is 18.1 Å². The second kappa shape index (κ2) is 14.1. The number of primary amides is 2. The average molecular weight is 720 g/mol. The van der Waals surface area contributed by atoms with Crippen LogP contribution in [0.2, 0.25) is 0 Å². The fraction of sp³-hybridized carbons (Fsp3) is 0.400. The summed E-state index contributed by atoms with van der Waals surface area (Å²) in [5, 5.41) is 19.0. The van der Waals surface area contributed by atoms with Gasteiger partial charge in [0.05, 0.1) is 11.8 Å². The Morgan fingerprint density at radius 1 is 1.11 bits per heavy atom. The van der Waals surface area contributed by atoms with Crippen LogP contribution < -0.4 is 11.5 Å². The number of amides is 6. The van der Waals surface area contributed by atoms with Gasteiger partial charge in [-0.3, -0.25) is 14.5 Å². The van der Waals surface area contributed by atoms with E-state index in [1.54, 1.807) is 65.1 Å². The molecular formula is C25H28N8NaO6S5+. The van der Waals surface area contributed by atoms with Crippen LogP contribution in [0.4, 0.5) is 9.59 Å². The summed E-state index contributed by atoms with van der Waals surface area (Å²) >= 11 is 7.97. The van der Waals surface area contributed by atoms with Crippen molar-refractivity contribution in [1.82, 2.24) is 25.0 Å². The summed E-state index contributed by atoms with van der Waals surface area (Å²) in [5.74, 6) is 1.44. The Kier molecular flexibility index (Phi) is 10.8. The van der Waals surface area contributed by atoms with Crippen LogP contribution in [0.25, 0.3) is 0 Å². The molecule has 4 unspecified atom stereocenters. The summed E-state index contributed by atoms with van der Waals surface area (Å²) in [4.78, 5) is 62.5. The maximum absolute atomic E-state index is 13.1. The Morgan fingerprint density at radius 2 is 1.82 bits per heavy atom. The number of hydrogen-bond acceptors (Lipinski definition) is 13. The first-order chi connectivity index (χ1) is 21.2. The molecule has 4 fully saturated rings. The normalized spacial score (nSPS) is 27.4. The molecule has 5 N–H and O–H groups in total. The van der Waals surface area contributed by atoms with Crippen LogP contribution in [0, 0.1) is 0 Å². The van der Waals surface area contributed by atoms with Gasteiger partial charge in [-0.25, -0.2) is 19.3 Å². The van der Waals surface area contributed by atoms with Crippen molar-refractivity contribution in [2.45, 2.75) is 33.0 Å². The van der Waals surface area contributed by atoms with Crippen LogP contribution in [0.1, 0.15) is 18.0 Å². The van der Waals surface area contributed by atoms with Gasteiger partial charge in [-0.1, -0.05) is 58.4 Å². The molecule has 0 aliphatic carbocycles. The minimum atomic E-state index is -1.02. The predicted octanol–water partition coefficient (Wildman–Crippen LogP) is 1.49. The number of nitrogens with zero attached hydrogens (tertiary/aromatic N) is 6. The number of carboxylic acids is 1. The monoisotopic (exact) mass is 719 g/mol. The molecule has 2 aromatic rings. The van der Waals surface area contributed by atoms with Crippen molar-refractivity contribution in [3.05, 3.63) is 52.7 Å². The molecule has 20 heteroatoms. The van der Waals surface area contributed by atoms with Gasteiger partial charge in [-0.05, 0) is 5.57 Å². The number of thioether (sulfide) groups is 4. The molecule has 7 rings (SSSR count). The molecule has 0 bridgehead atoms. The summed E-state index contributed by atoms with van der Waals surface area (Å²) in [5.41, 5.74) is 14.3. The number of carbonyl (C=O) groups is 5. The number of carboxylic acid groups (broad SMARTS) is 1. The second-order valence-electron chi connectivity index (χ2n) is 10.1. The molecule has 6 amide bonds. The quantitative estimate of drug-likeness (QED) is 0.117. The minimum absolute atomic E-state index is 0. The van der Waals surface area contributed by atoms with Gasteiger partial charge in [0.15, 0.2) is 9.05 Å². The van der Waals surface area contributed by atoms with Crippen molar-refractivity contribution in [2.24, 2.45) is 11.5 Å². The summed E-state index contributed by atoms with van der Waals surface area (Å²) in [6, 6.07) is 6.87. The summed E-state index contributed by atoms with van der Waals surface area (Å²) in [7, 11) is 0. The van der Waals surface area contributed by atoms with E-state index in [9.17, 15) is 29.1 Å². The van der Waals surface area contributed by atoms with Gasteiger partial charge >= 0.3 is 47.6 Å². The van der Waals surface area contributed by atoms with E-state index in [-0.39, 0.29) is 68.5 Å². The summed E-state index contributed by atoms with van der Waals surface area (Å²) in [6.07, 6.45) is 0.152. The number of imide groups is 1. The standard InChI is InChI=1S/C15H17N5O3S2.C10H9N3O3S3.Na.H/c16-12(21)11(9-4-2-1-3-5-9)20-10(8-18(13(17)22)14(20)23)19(20)15-24-6-7-25-15;14-6-1-7-13(6)8(9(15)16)5(2-17-7)3-18-10-12-11-4-19-10;;/h1-5,10-11,15H,6-8H2,(H3-,16,17,21,22);4,7H,1-3H2,(H,15,16);;/p+1/t;7-;;/m.0../s1. The number of fused-ring (bicyclic) bond motifs is 2. The third kappa shape index (κ3) is 6.28. The van der Waals surface area contributed by atoms with Crippen molar-refractivity contribution >= 4 is 118 Å². The van der Waals surface area contributed by atoms with Gasteiger partial charge in [0.25, 0.3) is 5.91 Å². The van der Waals surface area contributed by atoms with Gasteiger partial charge in [-0.15, -0.1) is 50.1 Å². The van der Waals surface area contributed by atoms with E-state index < -0.39 is 30.0 Å². The van der Waals surface area contributed by atoms with E-state index in [1.807, 2.05) is 11.1 Å².